The summed E-state index contributed by atoms with van der Waals surface area (Å²) in [6.07, 6.45) is 1.24. The Bertz CT molecular complexity index is 1060. The predicted octanol–water partition coefficient (Wildman–Crippen LogP) is 0.595. The van der Waals surface area contributed by atoms with E-state index in [0.29, 0.717) is 37.3 Å². The minimum atomic E-state index is -1.04. The van der Waals surface area contributed by atoms with Gasteiger partial charge in [0.25, 0.3) is 0 Å². The molecule has 1 amide bonds. The maximum Gasteiger partial charge on any atom is 0.357 e. The Balaban J connectivity index is 1.87. The van der Waals surface area contributed by atoms with Crippen LogP contribution >= 0.6 is 0 Å². The van der Waals surface area contributed by atoms with Crippen LogP contribution in [0.2, 0.25) is 0 Å². The largest absolute Gasteiger partial charge is 0.379 e. The molecule has 1 fully saturated rings. The van der Waals surface area contributed by atoms with Crippen molar-refractivity contribution >= 4 is 29.2 Å². The molecular formula is C22H32N6O5. The van der Waals surface area contributed by atoms with Crippen molar-refractivity contribution in [3.8, 4) is 0 Å². The fourth-order valence-corrected chi connectivity index (χ4v) is 3.69. The number of aromatic nitrogens is 2. The molecule has 0 spiro atoms. The van der Waals surface area contributed by atoms with E-state index in [2.05, 4.69) is 15.4 Å². The first-order valence-corrected chi connectivity index (χ1v) is 11.0. The summed E-state index contributed by atoms with van der Waals surface area (Å²) in [4.78, 5) is 46.2. The Hall–Kier alpha value is -3.02. The van der Waals surface area contributed by atoms with E-state index in [4.69, 9.17) is 15.3 Å². The van der Waals surface area contributed by atoms with Gasteiger partial charge in [-0.15, -0.1) is 0 Å². The third-order valence-electron chi connectivity index (χ3n) is 5.47. The number of morpholine rings is 1. The zero-order valence-electron chi connectivity index (χ0n) is 19.3. The van der Waals surface area contributed by atoms with E-state index < -0.39 is 29.1 Å². The summed E-state index contributed by atoms with van der Waals surface area (Å²) in [5.74, 6) is -0.746. The molecule has 1 atom stereocenters. The van der Waals surface area contributed by atoms with Gasteiger partial charge in [0.15, 0.2) is 0 Å². The minimum Gasteiger partial charge on any atom is -0.379 e. The number of carbonyl (C=O) groups excluding carboxylic acids is 2. The molecule has 2 aromatic rings. The minimum absolute atomic E-state index is 0.110. The summed E-state index contributed by atoms with van der Waals surface area (Å²) in [5, 5.41) is 6.16. The van der Waals surface area contributed by atoms with Crippen molar-refractivity contribution in [3.63, 3.8) is 0 Å². The number of imidazole rings is 1. The van der Waals surface area contributed by atoms with Gasteiger partial charge in [0.05, 0.1) is 30.5 Å². The molecule has 2 heterocycles. The summed E-state index contributed by atoms with van der Waals surface area (Å²) in [6, 6.07) is 5.34. The van der Waals surface area contributed by atoms with Gasteiger partial charge in [0.1, 0.15) is 6.04 Å². The number of hydrogen-bond acceptors (Lipinski definition) is 8. The number of nitrogens with one attached hydrogen (secondary N) is 1. The van der Waals surface area contributed by atoms with Crippen LogP contribution < -0.4 is 16.7 Å². The van der Waals surface area contributed by atoms with Gasteiger partial charge in [-0.2, -0.15) is 0 Å². The number of oxime groups is 1. The highest BCUT2D eigenvalue weighted by molar-refractivity contribution is 5.92. The number of ether oxygens (including phenoxy) is 1. The first-order valence-electron chi connectivity index (χ1n) is 11.0. The maximum absolute atomic E-state index is 13.3. The van der Waals surface area contributed by atoms with E-state index in [1.54, 1.807) is 43.5 Å². The monoisotopic (exact) mass is 460 g/mol. The molecule has 1 aliphatic heterocycles. The van der Waals surface area contributed by atoms with E-state index in [0.717, 1.165) is 17.7 Å². The number of hydrogen-bond donors (Lipinski definition) is 2. The molecule has 11 heteroatoms. The van der Waals surface area contributed by atoms with E-state index in [-0.39, 0.29) is 6.54 Å². The van der Waals surface area contributed by atoms with Gasteiger partial charge >= 0.3 is 17.7 Å². The molecule has 3 rings (SSSR count). The Labute approximate surface area is 192 Å². The second kappa shape index (κ2) is 10.7. The lowest BCUT2D eigenvalue weighted by molar-refractivity contribution is -0.148. The van der Waals surface area contributed by atoms with Crippen molar-refractivity contribution in [2.24, 2.45) is 16.3 Å². The number of para-hydroxylation sites is 2. The van der Waals surface area contributed by atoms with Crippen LogP contribution in [0, 0.1) is 5.41 Å². The Kier molecular flexibility index (Phi) is 8.01. The lowest BCUT2D eigenvalue weighted by atomic mass is 9.87. The molecule has 1 aromatic heterocycles. The lowest BCUT2D eigenvalue weighted by Crippen LogP contribution is -2.52. The first kappa shape index (κ1) is 24.6. The average Bonchev–Trinajstić information content (AvgIpc) is 3.07. The normalized spacial score (nSPS) is 16.2. The maximum atomic E-state index is 13.3. The molecule has 1 aromatic carbocycles. The number of benzene rings is 1. The zero-order chi connectivity index (χ0) is 24.0. The lowest BCUT2D eigenvalue weighted by Gasteiger charge is -2.28. The van der Waals surface area contributed by atoms with Gasteiger partial charge < -0.3 is 20.6 Å². The van der Waals surface area contributed by atoms with Crippen molar-refractivity contribution in [1.29, 1.82) is 0 Å². The van der Waals surface area contributed by atoms with E-state index in [9.17, 15) is 14.4 Å². The molecular weight excluding hydrogens is 428 g/mol. The zero-order valence-corrected chi connectivity index (χ0v) is 19.3. The SMILES string of the molecule is CC(C)(C)[C@H](NC(=O)n1c(=O)n(CCN2CCOCC2)c2ccccc21)C(=O)ON=CCN. The Morgan fingerprint density at radius 2 is 1.88 bits per heavy atom. The fraction of sp³-hybridized carbons (Fsp3) is 0.545. The molecule has 0 aliphatic carbocycles. The standard InChI is InChI=1S/C22H32N6O5/c1-22(2,3)18(19(29)33-24-9-8-23)25-20(30)28-17-7-5-4-6-16(17)27(21(28)31)11-10-26-12-14-32-15-13-26/h4-7,9,18H,8,10-15,23H2,1-3H3,(H,25,30)/t18-/m1/s1. The highest BCUT2D eigenvalue weighted by Gasteiger charge is 2.36. The molecule has 33 heavy (non-hydrogen) atoms. The van der Waals surface area contributed by atoms with Crippen molar-refractivity contribution in [2.45, 2.75) is 33.4 Å². The third kappa shape index (κ3) is 5.86. The number of carbonyl (C=O) groups is 2. The van der Waals surface area contributed by atoms with Gasteiger partial charge in [-0.1, -0.05) is 38.1 Å². The fourth-order valence-electron chi connectivity index (χ4n) is 3.69. The number of rotatable bonds is 7. The van der Waals surface area contributed by atoms with E-state index in [1.165, 1.54) is 6.21 Å². The molecule has 0 saturated carbocycles. The summed E-state index contributed by atoms with van der Waals surface area (Å²) in [5.41, 5.74) is 5.27. The Morgan fingerprint density at radius 1 is 1.21 bits per heavy atom. The quantitative estimate of drug-likeness (QED) is 0.351. The van der Waals surface area contributed by atoms with Crippen LogP contribution in [0.25, 0.3) is 11.0 Å². The molecule has 180 valence electrons. The van der Waals surface area contributed by atoms with Crippen molar-refractivity contribution in [2.75, 3.05) is 39.4 Å². The van der Waals surface area contributed by atoms with Gasteiger partial charge in [-0.3, -0.25) is 9.47 Å². The summed E-state index contributed by atoms with van der Waals surface area (Å²) in [6.45, 7) is 9.47. The summed E-state index contributed by atoms with van der Waals surface area (Å²) >= 11 is 0. The number of nitrogens with zero attached hydrogens (tertiary/aromatic N) is 4. The van der Waals surface area contributed by atoms with Crippen molar-refractivity contribution in [1.82, 2.24) is 19.4 Å². The van der Waals surface area contributed by atoms with Crippen molar-refractivity contribution in [3.05, 3.63) is 34.7 Å². The molecule has 11 nitrogen and oxygen atoms in total. The second-order valence-corrected chi connectivity index (χ2v) is 8.89. The van der Waals surface area contributed by atoms with Crippen LogP contribution in [0.1, 0.15) is 20.8 Å². The highest BCUT2D eigenvalue weighted by Crippen LogP contribution is 2.21. The van der Waals surface area contributed by atoms with Gasteiger partial charge in [0.2, 0.25) is 0 Å². The van der Waals surface area contributed by atoms with Crippen molar-refractivity contribution < 1.29 is 19.2 Å². The first-order chi connectivity index (χ1) is 15.7. The molecule has 3 N–H and O–H groups in total. The summed E-state index contributed by atoms with van der Waals surface area (Å²) < 4.78 is 8.02. The van der Waals surface area contributed by atoms with Crippen LogP contribution in [0.4, 0.5) is 4.79 Å². The van der Waals surface area contributed by atoms with Crippen LogP contribution in [-0.2, 0) is 20.9 Å². The van der Waals surface area contributed by atoms with E-state index in [1.807, 2.05) is 6.07 Å². The van der Waals surface area contributed by atoms with Gasteiger partial charge in [-0.05, 0) is 17.5 Å². The molecule has 0 unspecified atom stereocenters. The summed E-state index contributed by atoms with van der Waals surface area (Å²) in [7, 11) is 0. The van der Waals surface area contributed by atoms with Crippen LogP contribution in [0.3, 0.4) is 0 Å². The molecule has 1 aliphatic rings. The second-order valence-electron chi connectivity index (χ2n) is 8.89. The third-order valence-corrected chi connectivity index (χ3v) is 5.47. The van der Waals surface area contributed by atoms with Crippen LogP contribution in [0.15, 0.2) is 34.2 Å². The average molecular weight is 461 g/mol. The number of amides is 1. The van der Waals surface area contributed by atoms with Crippen LogP contribution in [0.5, 0.6) is 0 Å². The van der Waals surface area contributed by atoms with E-state index >= 15 is 0 Å². The van der Waals surface area contributed by atoms with Gasteiger partial charge in [0, 0.05) is 32.7 Å². The molecule has 1 saturated heterocycles. The highest BCUT2D eigenvalue weighted by atomic mass is 16.7. The smallest absolute Gasteiger partial charge is 0.357 e. The van der Waals surface area contributed by atoms with Crippen LogP contribution in [-0.4, -0.2) is 77.7 Å². The number of nitrogens with two attached hydrogens (primary N) is 1. The van der Waals surface area contributed by atoms with Gasteiger partial charge in [-0.25, -0.2) is 19.0 Å². The number of fused-ring (bicyclic) bond motifs is 1. The predicted molar refractivity (Wildman–Crippen MR) is 124 cm³/mol. The topological polar surface area (TPSA) is 133 Å². The Morgan fingerprint density at radius 3 is 2.52 bits per heavy atom. The molecule has 0 radical (unpaired) electrons. The molecule has 0 bridgehead atoms.